The van der Waals surface area contributed by atoms with Crippen molar-refractivity contribution in [2.24, 2.45) is 7.05 Å². The molecule has 22 heavy (non-hydrogen) atoms. The molecule has 114 valence electrons. The standard InChI is InChI=1S/C15H17FN6/c1-20-14-12(16)5-2-6-13(14)19-15(20)21-7-3-4-11(8-21)22-10-17-9-18-22/h2,5-6,9-11H,3-4,7-8H2,1H3. The number of piperidine rings is 1. The minimum absolute atomic E-state index is 0.233. The fourth-order valence-corrected chi connectivity index (χ4v) is 3.25. The quantitative estimate of drug-likeness (QED) is 0.727. The van der Waals surface area contributed by atoms with Crippen molar-refractivity contribution in [3.05, 3.63) is 36.7 Å². The number of aromatic nitrogens is 5. The van der Waals surface area contributed by atoms with Gasteiger partial charge in [-0.1, -0.05) is 6.07 Å². The number of imidazole rings is 1. The summed E-state index contributed by atoms with van der Waals surface area (Å²) < 4.78 is 17.8. The number of benzene rings is 1. The summed E-state index contributed by atoms with van der Waals surface area (Å²) in [5.41, 5.74) is 1.25. The molecule has 1 unspecified atom stereocenters. The molecule has 1 aliphatic heterocycles. The van der Waals surface area contributed by atoms with Crippen LogP contribution in [0.2, 0.25) is 0 Å². The number of halogens is 1. The predicted molar refractivity (Wildman–Crippen MR) is 81.2 cm³/mol. The Kier molecular flexibility index (Phi) is 3.06. The van der Waals surface area contributed by atoms with Gasteiger partial charge >= 0.3 is 0 Å². The molecule has 1 atom stereocenters. The van der Waals surface area contributed by atoms with Gasteiger partial charge in [-0.3, -0.25) is 0 Å². The van der Waals surface area contributed by atoms with Crippen LogP contribution < -0.4 is 4.90 Å². The number of fused-ring (bicyclic) bond motifs is 1. The molecule has 0 aliphatic carbocycles. The van der Waals surface area contributed by atoms with Crippen LogP contribution in [0.1, 0.15) is 18.9 Å². The van der Waals surface area contributed by atoms with E-state index in [1.54, 1.807) is 18.7 Å². The van der Waals surface area contributed by atoms with Gasteiger partial charge in [0.05, 0.1) is 11.6 Å². The zero-order valence-corrected chi connectivity index (χ0v) is 12.4. The Hall–Kier alpha value is -2.44. The van der Waals surface area contributed by atoms with Gasteiger partial charge in [-0.05, 0) is 25.0 Å². The maximum atomic E-state index is 14.0. The molecule has 0 N–H and O–H groups in total. The molecule has 1 fully saturated rings. The molecule has 0 radical (unpaired) electrons. The molecular weight excluding hydrogens is 283 g/mol. The van der Waals surface area contributed by atoms with Crippen LogP contribution >= 0.6 is 0 Å². The molecule has 0 saturated carbocycles. The summed E-state index contributed by atoms with van der Waals surface area (Å²) in [5, 5.41) is 4.24. The summed E-state index contributed by atoms with van der Waals surface area (Å²) in [6.07, 6.45) is 5.43. The average Bonchev–Trinajstić information content (AvgIpc) is 3.16. The normalized spacial score (nSPS) is 19.0. The van der Waals surface area contributed by atoms with E-state index in [1.165, 1.54) is 6.07 Å². The second-order valence-electron chi connectivity index (χ2n) is 5.70. The first kappa shape index (κ1) is 13.2. The maximum absolute atomic E-state index is 14.0. The molecule has 4 rings (SSSR count). The Balaban J connectivity index is 1.69. The van der Waals surface area contributed by atoms with Gasteiger partial charge in [0.15, 0.2) is 0 Å². The molecule has 3 heterocycles. The van der Waals surface area contributed by atoms with E-state index in [1.807, 2.05) is 22.4 Å². The minimum atomic E-state index is -0.233. The summed E-state index contributed by atoms with van der Waals surface area (Å²) in [4.78, 5) is 10.8. The van der Waals surface area contributed by atoms with Crippen LogP contribution in [0, 0.1) is 5.82 Å². The summed E-state index contributed by atoms with van der Waals surface area (Å²) in [5.74, 6) is 0.577. The molecule has 1 saturated heterocycles. The highest BCUT2D eigenvalue weighted by Crippen LogP contribution is 2.28. The Morgan fingerprint density at radius 1 is 1.32 bits per heavy atom. The van der Waals surface area contributed by atoms with Crippen LogP contribution in [0.25, 0.3) is 11.0 Å². The highest BCUT2D eigenvalue weighted by Gasteiger charge is 2.25. The van der Waals surface area contributed by atoms with E-state index in [9.17, 15) is 4.39 Å². The first-order chi connectivity index (χ1) is 10.7. The van der Waals surface area contributed by atoms with Gasteiger partial charge in [0.25, 0.3) is 0 Å². The fraction of sp³-hybridized carbons (Fsp3) is 0.400. The van der Waals surface area contributed by atoms with Gasteiger partial charge in [0.1, 0.15) is 24.0 Å². The van der Waals surface area contributed by atoms with Crippen molar-refractivity contribution in [3.63, 3.8) is 0 Å². The lowest BCUT2D eigenvalue weighted by Gasteiger charge is -2.33. The van der Waals surface area contributed by atoms with Crippen molar-refractivity contribution < 1.29 is 4.39 Å². The lowest BCUT2D eigenvalue weighted by molar-refractivity contribution is 0.371. The molecular formula is C15H17FN6. The Bertz CT molecular complexity index is 794. The number of rotatable bonds is 2. The van der Waals surface area contributed by atoms with Crippen molar-refractivity contribution in [2.45, 2.75) is 18.9 Å². The molecule has 0 amide bonds. The molecule has 1 aromatic carbocycles. The van der Waals surface area contributed by atoms with Crippen molar-refractivity contribution in [3.8, 4) is 0 Å². The molecule has 6 nitrogen and oxygen atoms in total. The van der Waals surface area contributed by atoms with E-state index < -0.39 is 0 Å². The largest absolute Gasteiger partial charge is 0.340 e. The van der Waals surface area contributed by atoms with Crippen LogP contribution in [-0.2, 0) is 7.05 Å². The van der Waals surface area contributed by atoms with Crippen LogP contribution in [0.3, 0.4) is 0 Å². The molecule has 3 aromatic rings. The zero-order valence-electron chi connectivity index (χ0n) is 12.4. The molecule has 0 bridgehead atoms. The highest BCUT2D eigenvalue weighted by molar-refractivity contribution is 5.79. The van der Waals surface area contributed by atoms with E-state index >= 15 is 0 Å². The van der Waals surface area contributed by atoms with Gasteiger partial charge in [-0.25, -0.2) is 19.0 Å². The second-order valence-corrected chi connectivity index (χ2v) is 5.70. The van der Waals surface area contributed by atoms with E-state index in [4.69, 9.17) is 0 Å². The number of nitrogens with zero attached hydrogens (tertiary/aromatic N) is 6. The molecule has 7 heteroatoms. The van der Waals surface area contributed by atoms with E-state index in [-0.39, 0.29) is 11.9 Å². The lowest BCUT2D eigenvalue weighted by atomic mass is 10.1. The molecule has 1 aliphatic rings. The van der Waals surface area contributed by atoms with Crippen molar-refractivity contribution in [1.82, 2.24) is 24.3 Å². The van der Waals surface area contributed by atoms with Gasteiger partial charge in [-0.15, -0.1) is 0 Å². The predicted octanol–water partition coefficient (Wildman–Crippen LogP) is 2.15. The smallest absolute Gasteiger partial charge is 0.206 e. The SMILES string of the molecule is Cn1c(N2CCCC(n3cncn3)C2)nc2cccc(F)c21. The van der Waals surface area contributed by atoms with Crippen LogP contribution in [0.4, 0.5) is 10.3 Å². The van der Waals surface area contributed by atoms with Gasteiger partial charge < -0.3 is 9.47 Å². The highest BCUT2D eigenvalue weighted by atomic mass is 19.1. The first-order valence-electron chi connectivity index (χ1n) is 7.44. The number of hydrogen-bond donors (Lipinski definition) is 0. The summed E-state index contributed by atoms with van der Waals surface area (Å²) in [6, 6.07) is 5.30. The third-order valence-electron chi connectivity index (χ3n) is 4.31. The Morgan fingerprint density at radius 3 is 3.00 bits per heavy atom. The average molecular weight is 300 g/mol. The summed E-state index contributed by atoms with van der Waals surface area (Å²) in [7, 11) is 1.87. The van der Waals surface area contributed by atoms with Crippen LogP contribution in [0.5, 0.6) is 0 Å². The minimum Gasteiger partial charge on any atom is -0.340 e. The maximum Gasteiger partial charge on any atom is 0.206 e. The summed E-state index contributed by atoms with van der Waals surface area (Å²) >= 11 is 0. The number of para-hydroxylation sites is 1. The van der Waals surface area contributed by atoms with Crippen molar-refractivity contribution >= 4 is 17.0 Å². The molecule has 2 aromatic heterocycles. The van der Waals surface area contributed by atoms with Crippen LogP contribution in [0.15, 0.2) is 30.9 Å². The van der Waals surface area contributed by atoms with E-state index in [2.05, 4.69) is 20.0 Å². The zero-order chi connectivity index (χ0) is 15.1. The third kappa shape index (κ3) is 2.04. The number of aryl methyl sites for hydroxylation is 1. The van der Waals surface area contributed by atoms with Gasteiger partial charge in [0, 0.05) is 20.1 Å². The van der Waals surface area contributed by atoms with Gasteiger partial charge in [-0.2, -0.15) is 5.10 Å². The topological polar surface area (TPSA) is 51.8 Å². The van der Waals surface area contributed by atoms with E-state index in [0.717, 1.165) is 31.9 Å². The van der Waals surface area contributed by atoms with Crippen LogP contribution in [-0.4, -0.2) is 37.4 Å². The lowest BCUT2D eigenvalue weighted by Crippen LogP contribution is -2.38. The fourth-order valence-electron chi connectivity index (χ4n) is 3.25. The monoisotopic (exact) mass is 300 g/mol. The Labute approximate surface area is 127 Å². The Morgan fingerprint density at radius 2 is 2.23 bits per heavy atom. The second kappa shape index (κ2) is 5.08. The molecule has 0 spiro atoms. The van der Waals surface area contributed by atoms with Crippen molar-refractivity contribution in [1.29, 1.82) is 0 Å². The number of hydrogen-bond acceptors (Lipinski definition) is 4. The number of anilines is 1. The first-order valence-corrected chi connectivity index (χ1v) is 7.44. The third-order valence-corrected chi connectivity index (χ3v) is 4.31. The van der Waals surface area contributed by atoms with E-state index in [0.29, 0.717) is 11.0 Å². The summed E-state index contributed by atoms with van der Waals surface area (Å²) in [6.45, 7) is 1.73. The van der Waals surface area contributed by atoms with Gasteiger partial charge in [0.2, 0.25) is 5.95 Å². The van der Waals surface area contributed by atoms with Crippen molar-refractivity contribution in [2.75, 3.05) is 18.0 Å².